The fourth-order valence-corrected chi connectivity index (χ4v) is 2.65. The third kappa shape index (κ3) is 6.44. The molecule has 1 aromatic heterocycles. The second-order valence-corrected chi connectivity index (χ2v) is 5.69. The number of thiophene rings is 1. The molecule has 0 saturated carbocycles. The van der Waals surface area contributed by atoms with Crippen LogP contribution in [0.2, 0.25) is 0 Å². The van der Waals surface area contributed by atoms with Gasteiger partial charge in [0.15, 0.2) is 5.96 Å². The first-order valence-corrected chi connectivity index (χ1v) is 7.86. The average molecular weight is 449 g/mol. The largest absolute Gasteiger partial charge is 0.375 e. The maximum Gasteiger partial charge on any atom is 0.191 e. The number of rotatable bonds is 6. The summed E-state index contributed by atoms with van der Waals surface area (Å²) in [5, 5.41) is 8.51. The van der Waals surface area contributed by atoms with E-state index in [0.717, 1.165) is 12.1 Å². The van der Waals surface area contributed by atoms with Gasteiger partial charge in [-0.3, -0.25) is 4.99 Å². The van der Waals surface area contributed by atoms with Gasteiger partial charge in [-0.05, 0) is 29.1 Å². The number of hydrogen-bond acceptors (Lipinski definition) is 3. The summed E-state index contributed by atoms with van der Waals surface area (Å²) in [6.07, 6.45) is -0.166. The maximum absolute atomic E-state index is 13.0. The molecule has 2 rings (SSSR count). The van der Waals surface area contributed by atoms with Crippen molar-refractivity contribution in [2.45, 2.75) is 12.6 Å². The van der Waals surface area contributed by atoms with Crippen molar-refractivity contribution in [3.63, 3.8) is 0 Å². The van der Waals surface area contributed by atoms with Gasteiger partial charge in [0.1, 0.15) is 5.82 Å². The average Bonchev–Trinajstić information content (AvgIpc) is 3.05. The molecule has 2 aromatic rings. The van der Waals surface area contributed by atoms with Gasteiger partial charge >= 0.3 is 0 Å². The van der Waals surface area contributed by atoms with Crippen LogP contribution in [-0.2, 0) is 11.3 Å². The molecule has 4 nitrogen and oxygen atoms in total. The van der Waals surface area contributed by atoms with E-state index < -0.39 is 0 Å². The first-order valence-electron chi connectivity index (χ1n) is 6.98. The van der Waals surface area contributed by atoms with Crippen LogP contribution in [0.1, 0.15) is 16.5 Å². The van der Waals surface area contributed by atoms with Crippen molar-refractivity contribution >= 4 is 41.3 Å². The van der Waals surface area contributed by atoms with Crippen LogP contribution in [0.5, 0.6) is 0 Å². The molecule has 23 heavy (non-hydrogen) atoms. The number of aliphatic imine (C=N–C) groups is 1. The van der Waals surface area contributed by atoms with E-state index in [9.17, 15) is 4.39 Å². The highest BCUT2D eigenvalue weighted by Crippen LogP contribution is 2.16. The fourth-order valence-electron chi connectivity index (χ4n) is 2.01. The first-order chi connectivity index (χ1) is 10.7. The number of halogens is 2. The Morgan fingerprint density at radius 3 is 2.57 bits per heavy atom. The van der Waals surface area contributed by atoms with Crippen molar-refractivity contribution < 1.29 is 9.13 Å². The monoisotopic (exact) mass is 449 g/mol. The summed E-state index contributed by atoms with van der Waals surface area (Å²) < 4.78 is 18.4. The Morgan fingerprint density at radius 1 is 1.26 bits per heavy atom. The Hall–Kier alpha value is -1.19. The highest BCUT2D eigenvalue weighted by Gasteiger charge is 2.11. The van der Waals surface area contributed by atoms with Gasteiger partial charge in [0.05, 0.1) is 12.6 Å². The van der Waals surface area contributed by atoms with Gasteiger partial charge in [-0.25, -0.2) is 4.39 Å². The molecule has 0 aliphatic carbocycles. The van der Waals surface area contributed by atoms with Crippen molar-refractivity contribution in [1.82, 2.24) is 10.6 Å². The zero-order valence-corrected chi connectivity index (χ0v) is 16.2. The highest BCUT2D eigenvalue weighted by molar-refractivity contribution is 14.0. The van der Waals surface area contributed by atoms with Crippen LogP contribution >= 0.6 is 35.3 Å². The van der Waals surface area contributed by atoms with Crippen LogP contribution in [-0.4, -0.2) is 26.7 Å². The summed E-state index contributed by atoms with van der Waals surface area (Å²) in [5.41, 5.74) is 0.921. The first kappa shape index (κ1) is 19.9. The summed E-state index contributed by atoms with van der Waals surface area (Å²) >= 11 is 1.70. The van der Waals surface area contributed by atoms with E-state index in [1.165, 1.54) is 17.0 Å². The highest BCUT2D eigenvalue weighted by atomic mass is 127. The number of ether oxygens (including phenoxy) is 1. The standard InChI is InChI=1S/C16H20FN3OS.HI/c1-18-16(19-10-14-4-3-9-22-14)20-11-15(21-2)12-5-7-13(17)8-6-12;/h3-9,15H,10-11H2,1-2H3,(H2,18,19,20);1H. The number of hydrogen-bond donors (Lipinski definition) is 2. The molecule has 0 spiro atoms. The summed E-state index contributed by atoms with van der Waals surface area (Å²) in [5.74, 6) is 0.456. The molecule has 1 atom stereocenters. The van der Waals surface area contributed by atoms with Gasteiger partial charge < -0.3 is 15.4 Å². The molecule has 0 amide bonds. The predicted molar refractivity (Wildman–Crippen MR) is 104 cm³/mol. The second kappa shape index (κ2) is 10.6. The number of nitrogens with one attached hydrogen (secondary N) is 2. The Morgan fingerprint density at radius 2 is 2.00 bits per heavy atom. The molecule has 0 fully saturated rings. The molecule has 0 saturated heterocycles. The van der Waals surface area contributed by atoms with Crippen molar-refractivity contribution in [2.24, 2.45) is 4.99 Å². The molecule has 0 aliphatic heterocycles. The van der Waals surface area contributed by atoms with Gasteiger partial charge in [0, 0.05) is 25.6 Å². The molecule has 7 heteroatoms. The number of guanidine groups is 1. The zero-order valence-electron chi connectivity index (χ0n) is 13.1. The molecule has 1 heterocycles. The Bertz CT molecular complexity index is 590. The van der Waals surface area contributed by atoms with Crippen LogP contribution in [0.4, 0.5) is 4.39 Å². The number of benzene rings is 1. The normalized spacial score (nSPS) is 12.4. The summed E-state index contributed by atoms with van der Waals surface area (Å²) in [7, 11) is 3.36. The van der Waals surface area contributed by atoms with Crippen molar-refractivity contribution in [3.8, 4) is 0 Å². The molecule has 0 bridgehead atoms. The minimum absolute atomic E-state index is 0. The molecular weight excluding hydrogens is 428 g/mol. The molecule has 1 aromatic carbocycles. The fraction of sp³-hybridized carbons (Fsp3) is 0.312. The third-order valence-corrected chi connectivity index (χ3v) is 4.09. The van der Waals surface area contributed by atoms with E-state index >= 15 is 0 Å². The SMILES string of the molecule is CN=C(NCc1cccs1)NCC(OC)c1ccc(F)cc1.I. The zero-order chi connectivity index (χ0) is 15.8. The van der Waals surface area contributed by atoms with Crippen molar-refractivity contribution in [2.75, 3.05) is 20.7 Å². The Kier molecular flexibility index (Phi) is 9.12. The lowest BCUT2D eigenvalue weighted by Crippen LogP contribution is -2.39. The van der Waals surface area contributed by atoms with Gasteiger partial charge in [-0.1, -0.05) is 18.2 Å². The summed E-state index contributed by atoms with van der Waals surface area (Å²) in [4.78, 5) is 5.43. The minimum Gasteiger partial charge on any atom is -0.375 e. The lowest BCUT2D eigenvalue weighted by atomic mass is 10.1. The number of methoxy groups -OCH3 is 1. The van der Waals surface area contributed by atoms with E-state index in [1.807, 2.05) is 11.4 Å². The van der Waals surface area contributed by atoms with Crippen LogP contribution in [0.3, 0.4) is 0 Å². The van der Waals surface area contributed by atoms with Gasteiger partial charge in [-0.2, -0.15) is 0 Å². The number of nitrogens with zero attached hydrogens (tertiary/aromatic N) is 1. The molecule has 0 aliphatic rings. The van der Waals surface area contributed by atoms with Gasteiger partial charge in [0.25, 0.3) is 0 Å². The van der Waals surface area contributed by atoms with E-state index in [1.54, 1.807) is 37.6 Å². The summed E-state index contributed by atoms with van der Waals surface area (Å²) in [6, 6.07) is 10.4. The second-order valence-electron chi connectivity index (χ2n) is 4.66. The molecular formula is C16H21FIN3OS. The van der Waals surface area contributed by atoms with E-state index in [2.05, 4.69) is 21.7 Å². The molecule has 126 valence electrons. The quantitative estimate of drug-likeness (QED) is 0.403. The molecule has 1 unspecified atom stereocenters. The van der Waals surface area contributed by atoms with E-state index in [4.69, 9.17) is 4.74 Å². The molecule has 0 radical (unpaired) electrons. The smallest absolute Gasteiger partial charge is 0.191 e. The molecule has 2 N–H and O–H groups in total. The predicted octanol–water partition coefficient (Wildman–Crippen LogP) is 3.56. The van der Waals surface area contributed by atoms with Gasteiger partial charge in [-0.15, -0.1) is 35.3 Å². The minimum atomic E-state index is -0.250. The van der Waals surface area contributed by atoms with E-state index in [0.29, 0.717) is 12.5 Å². The van der Waals surface area contributed by atoms with Crippen molar-refractivity contribution in [3.05, 3.63) is 58.0 Å². The Balaban J connectivity index is 0.00000264. The van der Waals surface area contributed by atoms with Crippen LogP contribution in [0.15, 0.2) is 46.8 Å². The van der Waals surface area contributed by atoms with Gasteiger partial charge in [0.2, 0.25) is 0 Å². The van der Waals surface area contributed by atoms with Crippen molar-refractivity contribution in [1.29, 1.82) is 0 Å². The van der Waals surface area contributed by atoms with E-state index in [-0.39, 0.29) is 35.9 Å². The Labute approximate surface area is 157 Å². The van der Waals surface area contributed by atoms with Crippen LogP contribution in [0.25, 0.3) is 0 Å². The maximum atomic E-state index is 13.0. The lowest BCUT2D eigenvalue weighted by Gasteiger charge is -2.18. The van der Waals surface area contributed by atoms with Crippen LogP contribution in [0, 0.1) is 5.82 Å². The lowest BCUT2D eigenvalue weighted by molar-refractivity contribution is 0.106. The summed E-state index contributed by atoms with van der Waals surface area (Å²) in [6.45, 7) is 1.28. The van der Waals surface area contributed by atoms with Crippen LogP contribution < -0.4 is 10.6 Å². The third-order valence-electron chi connectivity index (χ3n) is 3.21. The topological polar surface area (TPSA) is 45.7 Å².